The molecule has 4 N–H and O–H groups in total. The highest BCUT2D eigenvalue weighted by atomic mass is 16.6. The third-order valence-electron chi connectivity index (χ3n) is 11.1. The number of benzene rings is 1. The number of carbonyl (C=O) groups excluding carboxylic acids is 3. The molecule has 0 saturated heterocycles. The maximum Gasteiger partial charge on any atom is 0.328 e. The Bertz CT molecular complexity index is 1300. The molecule has 0 spiro atoms. The first-order valence-corrected chi connectivity index (χ1v) is 15.3. The van der Waals surface area contributed by atoms with E-state index in [1.807, 2.05) is 43.3 Å². The van der Waals surface area contributed by atoms with Gasteiger partial charge in [-0.1, -0.05) is 54.9 Å². The van der Waals surface area contributed by atoms with Crippen molar-refractivity contribution in [1.29, 1.82) is 0 Å². The molecule has 0 aromatic heterocycles. The van der Waals surface area contributed by atoms with Gasteiger partial charge in [-0.05, 0) is 79.8 Å². The van der Waals surface area contributed by atoms with E-state index >= 15 is 0 Å². The summed E-state index contributed by atoms with van der Waals surface area (Å²) >= 11 is 0. The number of nitrogens with zero attached hydrogens (tertiary/aromatic N) is 1. The number of esters is 1. The molecule has 234 valence electrons. The number of carbonyl (C=O) groups is 3. The van der Waals surface area contributed by atoms with Gasteiger partial charge in [-0.15, -0.1) is 0 Å². The highest BCUT2D eigenvalue weighted by molar-refractivity contribution is 5.96. The van der Waals surface area contributed by atoms with E-state index in [1.165, 1.54) is 12.7 Å². The average Bonchev–Trinajstić information content (AvgIpc) is 3.26. The van der Waals surface area contributed by atoms with Crippen molar-refractivity contribution in [3.05, 3.63) is 47.5 Å². The molecular weight excluding hydrogens is 552 g/mol. The van der Waals surface area contributed by atoms with Crippen molar-refractivity contribution in [2.75, 3.05) is 20.3 Å². The van der Waals surface area contributed by atoms with Crippen molar-refractivity contribution in [3.63, 3.8) is 0 Å². The van der Waals surface area contributed by atoms with Crippen LogP contribution in [0.3, 0.4) is 0 Å². The molecule has 10 nitrogen and oxygen atoms in total. The molecule has 1 aromatic carbocycles. The summed E-state index contributed by atoms with van der Waals surface area (Å²) < 4.78 is 4.86. The van der Waals surface area contributed by atoms with E-state index in [2.05, 4.69) is 17.4 Å². The first-order chi connectivity index (χ1) is 20.5. The van der Waals surface area contributed by atoms with Crippen LogP contribution >= 0.6 is 0 Å². The van der Waals surface area contributed by atoms with Crippen LogP contribution in [-0.2, 0) is 30.4 Å². The highest BCUT2D eigenvalue weighted by Crippen LogP contribution is 2.67. The Labute approximate surface area is 252 Å². The number of hydrogen-bond acceptors (Lipinski definition) is 9. The third-order valence-corrected chi connectivity index (χ3v) is 11.1. The molecular formula is C33H44N2O8. The first kappa shape index (κ1) is 31.3. The van der Waals surface area contributed by atoms with Crippen molar-refractivity contribution in [2.45, 2.75) is 83.0 Å². The lowest BCUT2D eigenvalue weighted by Crippen LogP contribution is -2.62. The second-order valence-corrected chi connectivity index (χ2v) is 13.3. The molecule has 0 radical (unpaired) electrons. The van der Waals surface area contributed by atoms with E-state index in [-0.39, 0.29) is 29.8 Å². The predicted octanol–water partition coefficient (Wildman–Crippen LogP) is 2.49. The van der Waals surface area contributed by atoms with E-state index in [0.29, 0.717) is 32.1 Å². The number of aliphatic hydroxyl groups excluding tert-OH is 2. The third kappa shape index (κ3) is 5.53. The van der Waals surface area contributed by atoms with Crippen LogP contribution < -0.4 is 5.32 Å². The fourth-order valence-electron chi connectivity index (χ4n) is 8.96. The lowest BCUT2D eigenvalue weighted by atomic mass is 9.45. The quantitative estimate of drug-likeness (QED) is 0.250. The molecule has 5 rings (SSSR count). The Hall–Kier alpha value is -3.08. The smallest absolute Gasteiger partial charge is 0.328 e. The summed E-state index contributed by atoms with van der Waals surface area (Å²) in [4.78, 5) is 42.9. The van der Waals surface area contributed by atoms with Gasteiger partial charge in [0.1, 0.15) is 18.2 Å². The number of methoxy groups -OCH3 is 1. The van der Waals surface area contributed by atoms with Crippen molar-refractivity contribution < 1.29 is 39.3 Å². The van der Waals surface area contributed by atoms with Crippen LogP contribution in [0.15, 0.2) is 47.1 Å². The zero-order valence-corrected chi connectivity index (χ0v) is 25.3. The molecule has 4 aliphatic rings. The SMILES string of the molecule is COC(=O)[C@H](Cc1ccccc1)NC(=O)CO/N=C1/C=C2CC[C@@H]3[C@H]([C@H](O)C[C@@]4(C)[C@H]3CC[C@]4(O)C(=O)CO)[C@@]2(C)CC1. The van der Waals surface area contributed by atoms with Gasteiger partial charge in [0.05, 0.1) is 18.9 Å². The van der Waals surface area contributed by atoms with E-state index in [9.17, 15) is 29.7 Å². The number of nitrogens with one attached hydrogen (secondary N) is 1. The summed E-state index contributed by atoms with van der Waals surface area (Å²) in [6.07, 6.45) is 6.00. The van der Waals surface area contributed by atoms with Crippen molar-refractivity contribution in [3.8, 4) is 0 Å². The van der Waals surface area contributed by atoms with Gasteiger partial charge in [0, 0.05) is 11.8 Å². The predicted molar refractivity (Wildman–Crippen MR) is 158 cm³/mol. The summed E-state index contributed by atoms with van der Waals surface area (Å²) in [7, 11) is 1.28. The van der Waals surface area contributed by atoms with Gasteiger partial charge < -0.3 is 30.2 Å². The number of aliphatic hydroxyl groups is 3. The Kier molecular flexibility index (Phi) is 8.84. The highest BCUT2D eigenvalue weighted by Gasteiger charge is 2.68. The lowest BCUT2D eigenvalue weighted by molar-refractivity contribution is -0.181. The number of fused-ring (bicyclic) bond motifs is 5. The average molecular weight is 597 g/mol. The van der Waals surface area contributed by atoms with Gasteiger partial charge in [0.15, 0.2) is 12.4 Å². The summed E-state index contributed by atoms with van der Waals surface area (Å²) in [6, 6.07) is 8.51. The van der Waals surface area contributed by atoms with E-state index in [1.54, 1.807) is 0 Å². The number of ether oxygens (including phenoxy) is 1. The van der Waals surface area contributed by atoms with Gasteiger partial charge in [-0.2, -0.15) is 0 Å². The van der Waals surface area contributed by atoms with E-state index < -0.39 is 47.4 Å². The van der Waals surface area contributed by atoms with Crippen LogP contribution in [0.25, 0.3) is 0 Å². The van der Waals surface area contributed by atoms with Crippen LogP contribution in [0.5, 0.6) is 0 Å². The van der Waals surface area contributed by atoms with E-state index in [0.717, 1.165) is 30.5 Å². The summed E-state index contributed by atoms with van der Waals surface area (Å²) in [6.45, 7) is 3.08. The molecule has 1 amide bonds. The number of rotatable bonds is 9. The summed E-state index contributed by atoms with van der Waals surface area (Å²) in [5.74, 6) is -1.32. The molecule has 43 heavy (non-hydrogen) atoms. The van der Waals surface area contributed by atoms with Gasteiger partial charge in [0.2, 0.25) is 0 Å². The zero-order valence-electron chi connectivity index (χ0n) is 25.3. The van der Waals surface area contributed by atoms with Crippen LogP contribution in [-0.4, -0.2) is 76.8 Å². The van der Waals surface area contributed by atoms with Crippen molar-refractivity contribution in [2.24, 2.45) is 33.7 Å². The molecule has 0 unspecified atom stereocenters. The number of allylic oxidation sites excluding steroid dienone is 2. The standard InChI is InChI=1S/C33H44N2O8/c1-31-13-11-22(35-43-19-28(39)34-25(30(40)42-3)15-20-7-5-4-6-8-20)16-21(31)9-10-23-24-12-14-33(41,27(38)18-36)32(24,2)17-26(37)29(23)31/h4-8,16,23-26,29,36-37,41H,9-15,17-19H2,1-3H3,(H,34,39)/b35-22+/t23-,24-,25-,26+,29+,31-,32-,33-/m0/s1. The topological polar surface area (TPSA) is 155 Å². The maximum atomic E-state index is 12.6. The molecule has 4 aliphatic carbocycles. The fraction of sp³-hybridized carbons (Fsp3) is 0.636. The largest absolute Gasteiger partial charge is 0.467 e. The Morgan fingerprint density at radius 3 is 2.56 bits per heavy atom. The van der Waals surface area contributed by atoms with Crippen LogP contribution in [0.2, 0.25) is 0 Å². The Morgan fingerprint density at radius 2 is 1.86 bits per heavy atom. The molecule has 0 heterocycles. The number of amides is 1. The van der Waals surface area contributed by atoms with E-state index in [4.69, 9.17) is 9.57 Å². The summed E-state index contributed by atoms with van der Waals surface area (Å²) in [5, 5.41) is 39.4. The second-order valence-electron chi connectivity index (χ2n) is 13.3. The van der Waals surface area contributed by atoms with Crippen LogP contribution in [0.4, 0.5) is 0 Å². The first-order valence-electron chi connectivity index (χ1n) is 15.3. The molecule has 10 heteroatoms. The minimum Gasteiger partial charge on any atom is -0.467 e. The lowest BCUT2D eigenvalue weighted by Gasteiger charge is -2.60. The monoisotopic (exact) mass is 596 g/mol. The zero-order chi connectivity index (χ0) is 31.0. The Balaban J connectivity index is 1.23. The van der Waals surface area contributed by atoms with Gasteiger partial charge in [-0.25, -0.2) is 4.79 Å². The molecule has 3 fully saturated rings. The molecule has 8 atom stereocenters. The number of hydrogen-bond donors (Lipinski definition) is 4. The number of Topliss-reactive ketones (excluding diaryl/α,β-unsaturated/α-hetero) is 1. The molecule has 0 aliphatic heterocycles. The molecule has 3 saturated carbocycles. The molecule has 1 aromatic rings. The van der Waals surface area contributed by atoms with Crippen molar-refractivity contribution in [1.82, 2.24) is 5.32 Å². The van der Waals surface area contributed by atoms with Gasteiger partial charge in [0.25, 0.3) is 5.91 Å². The number of oxime groups is 1. The van der Waals surface area contributed by atoms with Crippen molar-refractivity contribution >= 4 is 23.4 Å². The normalized spacial score (nSPS) is 36.4. The van der Waals surface area contributed by atoms with Crippen LogP contribution in [0, 0.1) is 28.6 Å². The maximum absolute atomic E-state index is 12.6. The minimum absolute atomic E-state index is 0.00901. The van der Waals surface area contributed by atoms with Crippen LogP contribution in [0.1, 0.15) is 64.4 Å². The Morgan fingerprint density at radius 1 is 1.12 bits per heavy atom. The number of ketones is 1. The molecule has 0 bridgehead atoms. The van der Waals surface area contributed by atoms with Gasteiger partial charge >= 0.3 is 5.97 Å². The summed E-state index contributed by atoms with van der Waals surface area (Å²) in [5.41, 5.74) is 0.181. The second kappa shape index (κ2) is 12.1. The van der Waals surface area contributed by atoms with Gasteiger partial charge in [-0.3, -0.25) is 9.59 Å². The fourth-order valence-corrected chi connectivity index (χ4v) is 8.96. The minimum atomic E-state index is -1.61.